The van der Waals surface area contributed by atoms with E-state index in [1.54, 1.807) is 68.4 Å². The lowest BCUT2D eigenvalue weighted by Crippen LogP contribution is -2.27. The zero-order valence-corrected chi connectivity index (χ0v) is 18.8. The van der Waals surface area contributed by atoms with E-state index >= 15 is 0 Å². The minimum Gasteiger partial charge on any atom is -0.316 e. The average molecular weight is 450 g/mol. The molecule has 6 nitrogen and oxygen atoms in total. The summed E-state index contributed by atoms with van der Waals surface area (Å²) in [6, 6.07) is 19.8. The van der Waals surface area contributed by atoms with Gasteiger partial charge in [0.2, 0.25) is 20.7 Å². The number of hydrogen-bond acceptors (Lipinski definition) is 6. The number of Topliss-reactive ketones (excluding diaryl/α,β-unsaturated/α-hetero) is 1. The fourth-order valence-corrected chi connectivity index (χ4v) is 4.68. The van der Waals surface area contributed by atoms with Crippen LogP contribution in [0.25, 0.3) is 0 Å². The lowest BCUT2D eigenvalue weighted by Gasteiger charge is -2.12. The van der Waals surface area contributed by atoms with Gasteiger partial charge < -0.3 is 4.84 Å². The zero-order valence-electron chi connectivity index (χ0n) is 18.0. The summed E-state index contributed by atoms with van der Waals surface area (Å²) in [5.74, 6) is -1.60. The maximum Gasteiger partial charge on any atom is 0.339 e. The molecule has 164 valence electrons. The van der Waals surface area contributed by atoms with Crippen LogP contribution in [0, 0.1) is 20.8 Å². The van der Waals surface area contributed by atoms with Gasteiger partial charge in [0.05, 0.1) is 11.3 Å². The van der Waals surface area contributed by atoms with E-state index in [1.165, 1.54) is 12.1 Å². The normalized spacial score (nSPS) is 11.8. The summed E-state index contributed by atoms with van der Waals surface area (Å²) in [6.07, 6.45) is -0.111. The molecule has 0 aromatic heterocycles. The van der Waals surface area contributed by atoms with Crippen molar-refractivity contribution in [3.05, 3.63) is 101 Å². The molecular weight excluding hydrogens is 426 g/mol. The van der Waals surface area contributed by atoms with Crippen LogP contribution in [0.2, 0.25) is 0 Å². The number of benzene rings is 3. The van der Waals surface area contributed by atoms with Gasteiger partial charge >= 0.3 is 5.97 Å². The number of nitrogens with zero attached hydrogens (tertiary/aromatic N) is 1. The molecule has 0 heterocycles. The van der Waals surface area contributed by atoms with Crippen LogP contribution >= 0.6 is 0 Å². The maximum absolute atomic E-state index is 13.4. The predicted molar refractivity (Wildman–Crippen MR) is 122 cm³/mol. The molecule has 0 amide bonds. The van der Waals surface area contributed by atoms with Crippen molar-refractivity contribution in [1.82, 2.24) is 0 Å². The molecule has 0 aliphatic rings. The first-order valence-electron chi connectivity index (χ1n) is 9.94. The molecule has 0 bridgehead atoms. The second-order valence-electron chi connectivity index (χ2n) is 7.44. The van der Waals surface area contributed by atoms with Gasteiger partial charge in [-0.15, -0.1) is 0 Å². The molecule has 0 aliphatic carbocycles. The maximum atomic E-state index is 13.4. The summed E-state index contributed by atoms with van der Waals surface area (Å²) in [7, 11) is -4.34. The van der Waals surface area contributed by atoms with E-state index in [0.29, 0.717) is 16.7 Å². The Hall–Kier alpha value is -3.58. The molecule has 7 heteroatoms. The van der Waals surface area contributed by atoms with Crippen LogP contribution in [0.1, 0.15) is 32.6 Å². The van der Waals surface area contributed by atoms with Gasteiger partial charge in [-0.05, 0) is 49.6 Å². The largest absolute Gasteiger partial charge is 0.339 e. The van der Waals surface area contributed by atoms with E-state index in [-0.39, 0.29) is 16.9 Å². The highest BCUT2D eigenvalue weighted by molar-refractivity contribution is 8.08. The van der Waals surface area contributed by atoms with Crippen LogP contribution in [0.5, 0.6) is 0 Å². The summed E-state index contributed by atoms with van der Waals surface area (Å²) in [5.41, 5.74) is 3.05. The van der Waals surface area contributed by atoms with Crippen LogP contribution in [0.3, 0.4) is 0 Å². The van der Waals surface area contributed by atoms with E-state index in [1.807, 2.05) is 13.0 Å². The van der Waals surface area contributed by atoms with E-state index < -0.39 is 26.6 Å². The molecule has 0 spiro atoms. The second kappa shape index (κ2) is 9.70. The third-order valence-electron chi connectivity index (χ3n) is 4.83. The summed E-state index contributed by atoms with van der Waals surface area (Å²) in [6.45, 7) is 5.33. The average Bonchev–Trinajstić information content (AvgIpc) is 2.74. The van der Waals surface area contributed by atoms with Crippen LogP contribution in [-0.2, 0) is 25.9 Å². The topological polar surface area (TPSA) is 89.9 Å². The Bertz CT molecular complexity index is 1260. The standard InChI is InChI=1S/C25H23NO5S/c1-17-14-18(2)23(19(3)15-17)24(28)25(32(29,30)21-12-8-5-9-13-21)26-31-22(27)16-20-10-6-4-7-11-20/h4-15H,16H2,1-3H3/b26-25-. The SMILES string of the molecule is Cc1cc(C)c(C(=O)/C(=N/OC(=O)Cc2ccccc2)S(=O)(=O)c2ccccc2)c(C)c1. The highest BCUT2D eigenvalue weighted by Gasteiger charge is 2.33. The number of hydrogen-bond donors (Lipinski definition) is 0. The zero-order chi connectivity index (χ0) is 23.3. The van der Waals surface area contributed by atoms with Crippen LogP contribution in [0.15, 0.2) is 82.8 Å². The lowest BCUT2D eigenvalue weighted by molar-refractivity contribution is -0.142. The van der Waals surface area contributed by atoms with Gasteiger partial charge in [0, 0.05) is 5.56 Å². The van der Waals surface area contributed by atoms with Crippen molar-refractivity contribution in [3.63, 3.8) is 0 Å². The van der Waals surface area contributed by atoms with E-state index in [9.17, 15) is 18.0 Å². The van der Waals surface area contributed by atoms with Crippen molar-refractivity contribution >= 4 is 26.6 Å². The molecule has 3 rings (SSSR count). The molecule has 32 heavy (non-hydrogen) atoms. The fraction of sp³-hybridized carbons (Fsp3) is 0.160. The van der Waals surface area contributed by atoms with Gasteiger partial charge in [0.25, 0.3) is 0 Å². The Labute approximate surface area is 187 Å². The molecule has 0 atom stereocenters. The van der Waals surface area contributed by atoms with Gasteiger partial charge in [-0.3, -0.25) is 4.79 Å². The Morgan fingerprint density at radius 2 is 1.38 bits per heavy atom. The lowest BCUT2D eigenvalue weighted by atomic mass is 9.97. The molecule has 0 radical (unpaired) electrons. The minimum atomic E-state index is -4.34. The number of ketones is 1. The van der Waals surface area contributed by atoms with Gasteiger partial charge in [-0.25, -0.2) is 13.2 Å². The van der Waals surface area contributed by atoms with Gasteiger partial charge in [-0.2, -0.15) is 0 Å². The highest BCUT2D eigenvalue weighted by Crippen LogP contribution is 2.22. The van der Waals surface area contributed by atoms with E-state index in [0.717, 1.165) is 5.56 Å². The molecule has 0 fully saturated rings. The summed E-state index contributed by atoms with van der Waals surface area (Å²) < 4.78 is 26.5. The Morgan fingerprint density at radius 1 is 0.844 bits per heavy atom. The Balaban J connectivity index is 2.03. The summed E-state index contributed by atoms with van der Waals surface area (Å²) >= 11 is 0. The van der Waals surface area contributed by atoms with Crippen molar-refractivity contribution in [2.75, 3.05) is 0 Å². The van der Waals surface area contributed by atoms with Crippen molar-refractivity contribution in [1.29, 1.82) is 0 Å². The Kier molecular flexibility index (Phi) is 7.00. The molecule has 0 saturated heterocycles. The van der Waals surface area contributed by atoms with E-state index in [4.69, 9.17) is 4.84 Å². The second-order valence-corrected chi connectivity index (χ2v) is 9.31. The quantitative estimate of drug-likeness (QED) is 0.183. The first kappa shape index (κ1) is 23.1. The highest BCUT2D eigenvalue weighted by atomic mass is 32.2. The van der Waals surface area contributed by atoms with Crippen molar-refractivity contribution in [2.45, 2.75) is 32.1 Å². The number of oxime groups is 1. The number of aryl methyl sites for hydroxylation is 3. The molecular formula is C25H23NO5S. The number of carbonyl (C=O) groups excluding carboxylic acids is 2. The summed E-state index contributed by atoms with van der Waals surface area (Å²) in [5, 5.41) is 2.75. The van der Waals surface area contributed by atoms with E-state index in [2.05, 4.69) is 5.16 Å². The smallest absolute Gasteiger partial charge is 0.316 e. The van der Waals surface area contributed by atoms with Crippen LogP contribution < -0.4 is 0 Å². The molecule has 0 unspecified atom stereocenters. The molecule has 0 aliphatic heterocycles. The fourth-order valence-electron chi connectivity index (χ4n) is 3.46. The number of rotatable bonds is 6. The van der Waals surface area contributed by atoms with Gasteiger partial charge in [-0.1, -0.05) is 71.4 Å². The third kappa shape index (κ3) is 5.18. The monoisotopic (exact) mass is 449 g/mol. The molecule has 0 saturated carbocycles. The minimum absolute atomic E-state index is 0.111. The summed E-state index contributed by atoms with van der Waals surface area (Å²) in [4.78, 5) is 30.5. The van der Waals surface area contributed by atoms with Crippen molar-refractivity contribution < 1.29 is 22.8 Å². The first-order chi connectivity index (χ1) is 15.2. The van der Waals surface area contributed by atoms with Crippen LogP contribution in [-0.4, -0.2) is 25.2 Å². The predicted octanol–water partition coefficient (Wildman–Crippen LogP) is 4.37. The van der Waals surface area contributed by atoms with Gasteiger partial charge in [0.1, 0.15) is 0 Å². The number of carbonyl (C=O) groups is 2. The molecule has 3 aromatic carbocycles. The number of sulfone groups is 1. The van der Waals surface area contributed by atoms with Crippen LogP contribution in [0.4, 0.5) is 0 Å². The van der Waals surface area contributed by atoms with Crippen molar-refractivity contribution in [3.8, 4) is 0 Å². The Morgan fingerprint density at radius 3 is 1.94 bits per heavy atom. The third-order valence-corrected chi connectivity index (χ3v) is 6.49. The first-order valence-corrected chi connectivity index (χ1v) is 11.4. The molecule has 3 aromatic rings. The molecule has 0 N–H and O–H groups in total. The van der Waals surface area contributed by atoms with Gasteiger partial charge in [0.15, 0.2) is 0 Å². The van der Waals surface area contributed by atoms with Crippen molar-refractivity contribution in [2.24, 2.45) is 5.16 Å².